The second-order valence-corrected chi connectivity index (χ2v) is 6.64. The summed E-state index contributed by atoms with van der Waals surface area (Å²) < 4.78 is 28.0. The molecule has 0 aromatic heterocycles. The number of nitrogens with one attached hydrogen (secondary N) is 1. The molecule has 1 N–H and O–H groups in total. The molecule has 2 atom stereocenters. The SMILES string of the molecule is CNC(CCS(C)(=O)=O)C(OC)c1ccccc1. The lowest BCUT2D eigenvalue weighted by molar-refractivity contribution is 0.0694. The van der Waals surface area contributed by atoms with Crippen LogP contribution in [0.5, 0.6) is 0 Å². The van der Waals surface area contributed by atoms with Crippen LogP contribution in [-0.4, -0.2) is 40.6 Å². The van der Waals surface area contributed by atoms with Crippen molar-refractivity contribution in [2.24, 2.45) is 0 Å². The maximum atomic E-state index is 11.2. The highest BCUT2D eigenvalue weighted by Gasteiger charge is 2.22. The first-order chi connectivity index (χ1) is 8.48. The average molecular weight is 271 g/mol. The molecule has 1 aromatic carbocycles. The molecule has 4 nitrogen and oxygen atoms in total. The fourth-order valence-electron chi connectivity index (χ4n) is 1.96. The minimum atomic E-state index is -2.95. The molecule has 0 saturated heterocycles. The molecule has 1 rings (SSSR count). The molecular weight excluding hydrogens is 250 g/mol. The largest absolute Gasteiger partial charge is 0.375 e. The minimum absolute atomic E-state index is 0.0212. The van der Waals surface area contributed by atoms with E-state index in [1.54, 1.807) is 7.11 Å². The van der Waals surface area contributed by atoms with Crippen LogP contribution in [0.25, 0.3) is 0 Å². The van der Waals surface area contributed by atoms with Crippen molar-refractivity contribution in [3.8, 4) is 0 Å². The fraction of sp³-hybridized carbons (Fsp3) is 0.538. The van der Waals surface area contributed by atoms with E-state index in [0.717, 1.165) is 5.56 Å². The molecule has 0 bridgehead atoms. The van der Waals surface area contributed by atoms with Crippen LogP contribution in [0.2, 0.25) is 0 Å². The van der Waals surface area contributed by atoms with Crippen LogP contribution < -0.4 is 5.32 Å². The van der Waals surface area contributed by atoms with Crippen molar-refractivity contribution in [1.29, 1.82) is 0 Å². The summed E-state index contributed by atoms with van der Waals surface area (Å²) >= 11 is 0. The van der Waals surface area contributed by atoms with E-state index in [0.29, 0.717) is 6.42 Å². The average Bonchev–Trinajstić information content (AvgIpc) is 2.34. The van der Waals surface area contributed by atoms with Crippen molar-refractivity contribution in [2.45, 2.75) is 18.6 Å². The van der Waals surface area contributed by atoms with Crippen molar-refractivity contribution in [1.82, 2.24) is 5.32 Å². The molecule has 0 spiro atoms. The van der Waals surface area contributed by atoms with Crippen LogP contribution >= 0.6 is 0 Å². The normalized spacial score (nSPS) is 15.3. The van der Waals surface area contributed by atoms with Crippen LogP contribution in [0.1, 0.15) is 18.1 Å². The van der Waals surface area contributed by atoms with E-state index in [9.17, 15) is 8.42 Å². The summed E-state index contributed by atoms with van der Waals surface area (Å²) in [7, 11) is 0.514. The third-order valence-corrected chi connectivity index (χ3v) is 3.90. The summed E-state index contributed by atoms with van der Waals surface area (Å²) in [6, 6.07) is 9.79. The minimum Gasteiger partial charge on any atom is -0.375 e. The summed E-state index contributed by atoms with van der Waals surface area (Å²) in [5.41, 5.74) is 1.05. The first-order valence-corrected chi connectivity index (χ1v) is 7.96. The summed E-state index contributed by atoms with van der Waals surface area (Å²) in [5, 5.41) is 3.13. The highest BCUT2D eigenvalue weighted by atomic mass is 32.2. The fourth-order valence-corrected chi connectivity index (χ4v) is 2.65. The standard InChI is InChI=1S/C13H21NO3S/c1-14-12(9-10-18(3,15)16)13(17-2)11-7-5-4-6-8-11/h4-8,12-14H,9-10H2,1-3H3. The van der Waals surface area contributed by atoms with Crippen molar-refractivity contribution in [3.63, 3.8) is 0 Å². The van der Waals surface area contributed by atoms with E-state index in [4.69, 9.17) is 4.74 Å². The number of rotatable bonds is 7. The number of hydrogen-bond donors (Lipinski definition) is 1. The molecule has 1 aromatic rings. The second kappa shape index (κ2) is 6.87. The molecule has 0 aliphatic carbocycles. The Morgan fingerprint density at radius 2 is 1.89 bits per heavy atom. The van der Waals surface area contributed by atoms with Crippen LogP contribution in [0, 0.1) is 0 Å². The van der Waals surface area contributed by atoms with Crippen LogP contribution in [-0.2, 0) is 14.6 Å². The Morgan fingerprint density at radius 1 is 1.28 bits per heavy atom. The predicted molar refractivity (Wildman–Crippen MR) is 73.4 cm³/mol. The zero-order valence-corrected chi connectivity index (χ0v) is 11.9. The molecule has 0 fully saturated rings. The molecule has 102 valence electrons. The van der Waals surface area contributed by atoms with Gasteiger partial charge in [-0.25, -0.2) is 8.42 Å². The summed E-state index contributed by atoms with van der Waals surface area (Å²) in [5.74, 6) is 0.158. The molecule has 18 heavy (non-hydrogen) atoms. The Kier molecular flexibility index (Phi) is 5.78. The van der Waals surface area contributed by atoms with Gasteiger partial charge >= 0.3 is 0 Å². The summed E-state index contributed by atoms with van der Waals surface area (Å²) in [6.07, 6.45) is 1.64. The van der Waals surface area contributed by atoms with Crippen LogP contribution in [0.15, 0.2) is 30.3 Å². The van der Waals surface area contributed by atoms with Gasteiger partial charge in [0.1, 0.15) is 9.84 Å². The molecule has 0 heterocycles. The maximum Gasteiger partial charge on any atom is 0.147 e. The molecule has 0 radical (unpaired) electrons. The smallest absolute Gasteiger partial charge is 0.147 e. The van der Waals surface area contributed by atoms with Crippen LogP contribution in [0.4, 0.5) is 0 Å². The lowest BCUT2D eigenvalue weighted by Gasteiger charge is -2.26. The van der Waals surface area contributed by atoms with Gasteiger partial charge in [-0.2, -0.15) is 0 Å². The highest BCUT2D eigenvalue weighted by molar-refractivity contribution is 7.90. The van der Waals surface area contributed by atoms with Gasteiger partial charge < -0.3 is 10.1 Å². The van der Waals surface area contributed by atoms with Gasteiger partial charge in [0.05, 0.1) is 11.9 Å². The molecule has 0 amide bonds. The van der Waals surface area contributed by atoms with E-state index in [-0.39, 0.29) is 17.9 Å². The van der Waals surface area contributed by atoms with Gasteiger partial charge in [0.25, 0.3) is 0 Å². The Balaban J connectivity index is 2.78. The molecular formula is C13H21NO3S. The number of benzene rings is 1. The van der Waals surface area contributed by atoms with E-state index in [1.807, 2.05) is 37.4 Å². The van der Waals surface area contributed by atoms with Gasteiger partial charge in [-0.15, -0.1) is 0 Å². The summed E-state index contributed by atoms with van der Waals surface area (Å²) in [6.45, 7) is 0. The van der Waals surface area contributed by atoms with Gasteiger partial charge in [-0.05, 0) is 19.0 Å². The molecule has 0 aliphatic heterocycles. The van der Waals surface area contributed by atoms with Gasteiger partial charge in [-0.1, -0.05) is 30.3 Å². The zero-order valence-electron chi connectivity index (χ0n) is 11.1. The maximum absolute atomic E-state index is 11.2. The topological polar surface area (TPSA) is 55.4 Å². The van der Waals surface area contributed by atoms with Crippen molar-refractivity contribution < 1.29 is 13.2 Å². The first-order valence-electron chi connectivity index (χ1n) is 5.90. The number of hydrogen-bond acceptors (Lipinski definition) is 4. The predicted octanol–water partition coefficient (Wildman–Crippen LogP) is 1.40. The monoisotopic (exact) mass is 271 g/mol. The summed E-state index contributed by atoms with van der Waals surface area (Å²) in [4.78, 5) is 0. The molecule has 0 aliphatic rings. The molecule has 0 saturated carbocycles. The third kappa shape index (κ3) is 4.76. The number of likely N-dealkylation sites (N-methyl/N-ethyl adjacent to an activating group) is 1. The number of ether oxygens (including phenoxy) is 1. The third-order valence-electron chi connectivity index (χ3n) is 2.92. The zero-order chi connectivity index (χ0) is 13.6. The van der Waals surface area contributed by atoms with Crippen molar-refractivity contribution >= 4 is 9.84 Å². The molecule has 5 heteroatoms. The second-order valence-electron chi connectivity index (χ2n) is 4.38. The lowest BCUT2D eigenvalue weighted by Crippen LogP contribution is -2.34. The first kappa shape index (κ1) is 15.1. The van der Waals surface area contributed by atoms with Gasteiger partial charge in [0.2, 0.25) is 0 Å². The van der Waals surface area contributed by atoms with Gasteiger partial charge in [-0.3, -0.25) is 0 Å². The Morgan fingerprint density at radius 3 is 2.33 bits per heavy atom. The Hall–Kier alpha value is -0.910. The Bertz CT molecular complexity index is 445. The molecule has 2 unspecified atom stereocenters. The quantitative estimate of drug-likeness (QED) is 0.814. The lowest BCUT2D eigenvalue weighted by atomic mass is 10.0. The van der Waals surface area contributed by atoms with Gasteiger partial charge in [0.15, 0.2) is 0 Å². The van der Waals surface area contributed by atoms with Crippen molar-refractivity contribution in [2.75, 3.05) is 26.2 Å². The number of sulfone groups is 1. The van der Waals surface area contributed by atoms with E-state index in [1.165, 1.54) is 6.26 Å². The van der Waals surface area contributed by atoms with E-state index in [2.05, 4.69) is 5.32 Å². The Labute approximate surface area is 109 Å². The highest BCUT2D eigenvalue weighted by Crippen LogP contribution is 2.22. The van der Waals surface area contributed by atoms with Crippen molar-refractivity contribution in [3.05, 3.63) is 35.9 Å². The van der Waals surface area contributed by atoms with E-state index < -0.39 is 9.84 Å². The van der Waals surface area contributed by atoms with Crippen LogP contribution in [0.3, 0.4) is 0 Å². The number of methoxy groups -OCH3 is 1. The van der Waals surface area contributed by atoms with Gasteiger partial charge in [0, 0.05) is 19.4 Å². The van der Waals surface area contributed by atoms with E-state index >= 15 is 0 Å².